The highest BCUT2D eigenvalue weighted by Gasteiger charge is 2.06. The van der Waals surface area contributed by atoms with Gasteiger partial charge in [0, 0.05) is 12.6 Å². The second-order valence-electron chi connectivity index (χ2n) is 4.11. The van der Waals surface area contributed by atoms with Gasteiger partial charge in [-0.3, -0.25) is 4.79 Å². The van der Waals surface area contributed by atoms with E-state index in [1.165, 1.54) is 6.07 Å². The van der Waals surface area contributed by atoms with Gasteiger partial charge >= 0.3 is 0 Å². The summed E-state index contributed by atoms with van der Waals surface area (Å²) in [7, 11) is 0. The van der Waals surface area contributed by atoms with Crippen molar-refractivity contribution in [2.24, 2.45) is 0 Å². The molecule has 0 aliphatic heterocycles. The largest absolute Gasteiger partial charge is 0.481 e. The van der Waals surface area contributed by atoms with E-state index in [0.29, 0.717) is 10.7 Å². The van der Waals surface area contributed by atoms with E-state index in [0.717, 1.165) is 18.2 Å². The van der Waals surface area contributed by atoms with Crippen molar-refractivity contribution in [3.63, 3.8) is 0 Å². The van der Waals surface area contributed by atoms with Crippen molar-refractivity contribution in [3.05, 3.63) is 58.9 Å². The second-order valence-corrected chi connectivity index (χ2v) is 4.51. The van der Waals surface area contributed by atoms with Crippen LogP contribution >= 0.6 is 11.6 Å². The number of carbonyl (C=O) groups is 1. The Balaban J connectivity index is 0.000000444. The third-order valence-electron chi connectivity index (χ3n) is 2.28. The standard InChI is InChI=1S/C13H11ClFN.C2H4O2/c1-9-5-7-10(8-6-9)16-13-11(14)3-2-4-12(13)15;1-2(3)4/h2-8,16H,1H3;1H3,(H,3,4). The summed E-state index contributed by atoms with van der Waals surface area (Å²) in [4.78, 5) is 9.00. The van der Waals surface area contributed by atoms with E-state index in [1.54, 1.807) is 12.1 Å². The molecule has 2 aromatic rings. The van der Waals surface area contributed by atoms with E-state index in [1.807, 2.05) is 31.2 Å². The number of anilines is 2. The van der Waals surface area contributed by atoms with E-state index >= 15 is 0 Å². The molecule has 0 saturated carbocycles. The molecule has 106 valence electrons. The Morgan fingerprint density at radius 2 is 1.75 bits per heavy atom. The molecule has 0 saturated heterocycles. The highest BCUT2D eigenvalue weighted by Crippen LogP contribution is 2.27. The van der Waals surface area contributed by atoms with E-state index in [2.05, 4.69) is 5.32 Å². The van der Waals surface area contributed by atoms with Gasteiger partial charge in [0.1, 0.15) is 5.82 Å². The summed E-state index contributed by atoms with van der Waals surface area (Å²) in [6.07, 6.45) is 0. The predicted molar refractivity (Wildman–Crippen MR) is 79.2 cm³/mol. The Morgan fingerprint density at radius 1 is 1.20 bits per heavy atom. The Hall–Kier alpha value is -2.07. The van der Waals surface area contributed by atoms with E-state index in [4.69, 9.17) is 21.5 Å². The number of benzene rings is 2. The number of aryl methyl sites for hydroxylation is 1. The lowest BCUT2D eigenvalue weighted by Gasteiger charge is -2.09. The molecule has 2 N–H and O–H groups in total. The third-order valence-corrected chi connectivity index (χ3v) is 2.60. The lowest BCUT2D eigenvalue weighted by molar-refractivity contribution is -0.134. The topological polar surface area (TPSA) is 49.3 Å². The quantitative estimate of drug-likeness (QED) is 0.850. The molecule has 0 unspecified atom stereocenters. The number of hydrogen-bond donors (Lipinski definition) is 2. The first-order valence-corrected chi connectivity index (χ1v) is 6.25. The highest BCUT2D eigenvalue weighted by molar-refractivity contribution is 6.33. The van der Waals surface area contributed by atoms with Crippen LogP contribution in [-0.2, 0) is 4.79 Å². The Bertz CT molecular complexity index is 561. The minimum atomic E-state index is -0.833. The molecule has 0 spiro atoms. The second kappa shape index (κ2) is 7.50. The lowest BCUT2D eigenvalue weighted by Crippen LogP contribution is -1.94. The lowest BCUT2D eigenvalue weighted by atomic mass is 10.2. The maximum Gasteiger partial charge on any atom is 0.300 e. The van der Waals surface area contributed by atoms with Gasteiger partial charge in [-0.2, -0.15) is 0 Å². The number of nitrogens with one attached hydrogen (secondary N) is 1. The van der Waals surface area contributed by atoms with Crippen LogP contribution in [0.15, 0.2) is 42.5 Å². The molecule has 0 aromatic heterocycles. The molecule has 3 nitrogen and oxygen atoms in total. The maximum absolute atomic E-state index is 13.5. The normalized spacial score (nSPS) is 9.40. The summed E-state index contributed by atoms with van der Waals surface area (Å²) < 4.78 is 13.5. The van der Waals surface area contributed by atoms with Crippen LogP contribution < -0.4 is 5.32 Å². The number of aliphatic carboxylic acids is 1. The van der Waals surface area contributed by atoms with Gasteiger partial charge in [0.2, 0.25) is 0 Å². The van der Waals surface area contributed by atoms with E-state index in [-0.39, 0.29) is 5.82 Å². The zero-order chi connectivity index (χ0) is 15.1. The van der Waals surface area contributed by atoms with Gasteiger partial charge in [-0.25, -0.2) is 4.39 Å². The number of carboxylic acids is 1. The number of rotatable bonds is 2. The molecule has 0 amide bonds. The fourth-order valence-corrected chi connectivity index (χ4v) is 1.61. The summed E-state index contributed by atoms with van der Waals surface area (Å²) in [5, 5.41) is 10.8. The van der Waals surface area contributed by atoms with Crippen LogP contribution in [0.5, 0.6) is 0 Å². The molecule has 0 heterocycles. The number of hydrogen-bond acceptors (Lipinski definition) is 2. The van der Waals surface area contributed by atoms with Crippen molar-refractivity contribution in [3.8, 4) is 0 Å². The van der Waals surface area contributed by atoms with Crippen LogP contribution in [0.4, 0.5) is 15.8 Å². The smallest absolute Gasteiger partial charge is 0.300 e. The SMILES string of the molecule is CC(=O)O.Cc1ccc(Nc2c(F)cccc2Cl)cc1. The first kappa shape index (κ1) is 16.0. The summed E-state index contributed by atoms with van der Waals surface area (Å²) in [6.45, 7) is 3.08. The van der Waals surface area contributed by atoms with Gasteiger partial charge in [0.25, 0.3) is 5.97 Å². The minimum absolute atomic E-state index is 0.313. The van der Waals surface area contributed by atoms with Crippen molar-refractivity contribution < 1.29 is 14.3 Å². The molecule has 2 rings (SSSR count). The van der Waals surface area contributed by atoms with Crippen molar-refractivity contribution in [2.75, 3.05) is 5.32 Å². The zero-order valence-electron chi connectivity index (χ0n) is 11.2. The summed E-state index contributed by atoms with van der Waals surface area (Å²) in [5.74, 6) is -1.19. The van der Waals surface area contributed by atoms with Crippen LogP contribution in [0.2, 0.25) is 5.02 Å². The van der Waals surface area contributed by atoms with E-state index in [9.17, 15) is 4.39 Å². The zero-order valence-corrected chi connectivity index (χ0v) is 11.9. The van der Waals surface area contributed by atoms with E-state index < -0.39 is 5.97 Å². The molecule has 0 bridgehead atoms. The Morgan fingerprint density at radius 3 is 2.25 bits per heavy atom. The molecular formula is C15H15ClFNO2. The predicted octanol–water partition coefficient (Wildman–Crippen LogP) is 4.62. The molecule has 20 heavy (non-hydrogen) atoms. The molecule has 5 heteroatoms. The third kappa shape index (κ3) is 5.28. The van der Waals surface area contributed by atoms with Crippen LogP contribution in [0.3, 0.4) is 0 Å². The van der Waals surface area contributed by atoms with Crippen molar-refractivity contribution in [1.29, 1.82) is 0 Å². The average Bonchev–Trinajstić information content (AvgIpc) is 2.36. The summed E-state index contributed by atoms with van der Waals surface area (Å²) in [5.41, 5.74) is 2.29. The molecule has 0 aliphatic rings. The molecule has 2 aromatic carbocycles. The Labute approximate surface area is 122 Å². The highest BCUT2D eigenvalue weighted by atomic mass is 35.5. The Kier molecular flexibility index (Phi) is 6.00. The van der Waals surface area contributed by atoms with Crippen molar-refractivity contribution in [2.45, 2.75) is 13.8 Å². The van der Waals surface area contributed by atoms with Gasteiger partial charge in [0.05, 0.1) is 10.7 Å². The van der Waals surface area contributed by atoms with Gasteiger partial charge in [-0.15, -0.1) is 0 Å². The van der Waals surface area contributed by atoms with Crippen LogP contribution in [0.1, 0.15) is 12.5 Å². The van der Waals surface area contributed by atoms with Crippen LogP contribution in [0.25, 0.3) is 0 Å². The first-order chi connectivity index (χ1) is 9.40. The average molecular weight is 296 g/mol. The maximum atomic E-state index is 13.5. The van der Waals surface area contributed by atoms with Gasteiger partial charge < -0.3 is 10.4 Å². The van der Waals surface area contributed by atoms with Gasteiger partial charge in [-0.1, -0.05) is 35.4 Å². The fraction of sp³-hybridized carbons (Fsp3) is 0.133. The van der Waals surface area contributed by atoms with Gasteiger partial charge in [0.15, 0.2) is 0 Å². The number of carboxylic acid groups (broad SMARTS) is 1. The van der Waals surface area contributed by atoms with Crippen LogP contribution in [0, 0.1) is 12.7 Å². The summed E-state index contributed by atoms with van der Waals surface area (Å²) in [6, 6.07) is 12.3. The van der Waals surface area contributed by atoms with Crippen molar-refractivity contribution in [1.82, 2.24) is 0 Å². The van der Waals surface area contributed by atoms with Gasteiger partial charge in [-0.05, 0) is 31.2 Å². The first-order valence-electron chi connectivity index (χ1n) is 5.87. The molecule has 0 radical (unpaired) electrons. The minimum Gasteiger partial charge on any atom is -0.481 e. The van der Waals surface area contributed by atoms with Crippen LogP contribution in [-0.4, -0.2) is 11.1 Å². The van der Waals surface area contributed by atoms with Crippen molar-refractivity contribution >= 4 is 28.9 Å². The molecule has 0 fully saturated rings. The fourth-order valence-electron chi connectivity index (χ4n) is 1.40. The molecular weight excluding hydrogens is 281 g/mol. The monoisotopic (exact) mass is 295 g/mol. The number of para-hydroxylation sites is 1. The summed E-state index contributed by atoms with van der Waals surface area (Å²) >= 11 is 5.91. The number of halogens is 2. The molecule has 0 aliphatic carbocycles. The molecule has 0 atom stereocenters.